The zero-order valence-electron chi connectivity index (χ0n) is 16.6. The van der Waals surface area contributed by atoms with Gasteiger partial charge in [-0.1, -0.05) is 24.3 Å². The Bertz CT molecular complexity index is 971. The summed E-state index contributed by atoms with van der Waals surface area (Å²) < 4.78 is 18.3. The number of rotatable bonds is 8. The molecule has 0 fully saturated rings. The van der Waals surface area contributed by atoms with Crippen molar-refractivity contribution in [2.24, 2.45) is 0 Å². The Kier molecular flexibility index (Phi) is 8.06. The van der Waals surface area contributed by atoms with Crippen LogP contribution in [0.15, 0.2) is 48.5 Å². The molecule has 0 aliphatic carbocycles. The van der Waals surface area contributed by atoms with E-state index < -0.39 is 35.7 Å². The highest BCUT2D eigenvalue weighted by atomic mass is 19.1. The highest BCUT2D eigenvalue weighted by Gasteiger charge is 2.27. The summed E-state index contributed by atoms with van der Waals surface area (Å²) in [7, 11) is 1.20. The number of amides is 2. The van der Waals surface area contributed by atoms with Gasteiger partial charge < -0.3 is 15.4 Å². The van der Waals surface area contributed by atoms with Gasteiger partial charge in [-0.05, 0) is 35.4 Å². The number of methoxy groups -OCH3 is 1. The lowest BCUT2D eigenvalue weighted by molar-refractivity contribution is -0.145. The smallest absolute Gasteiger partial charge is 0.328 e. The Morgan fingerprint density at radius 2 is 1.67 bits per heavy atom. The Morgan fingerprint density at radius 3 is 2.27 bits per heavy atom. The highest BCUT2D eigenvalue weighted by molar-refractivity contribution is 5.90. The molecule has 0 aliphatic heterocycles. The summed E-state index contributed by atoms with van der Waals surface area (Å²) in [5.74, 6) is -2.18. The maximum Gasteiger partial charge on any atom is 0.328 e. The maximum absolute atomic E-state index is 13.5. The van der Waals surface area contributed by atoms with Gasteiger partial charge in [0.2, 0.25) is 11.8 Å². The van der Waals surface area contributed by atoms with Crippen LogP contribution in [0.2, 0.25) is 0 Å². The van der Waals surface area contributed by atoms with E-state index in [1.807, 2.05) is 6.07 Å². The standard InChI is InChI=1S/C22H22FN3O4/c1-14(27)25-19(11-16-6-4-8-18(23)10-16)21(28)26-20(22(29)30-2)12-15-5-3-7-17(9-15)13-24/h3-10,19-20H,11-12H2,1-2H3,(H,25,27)(H,26,28)/t19-,20-/m1/s1. The van der Waals surface area contributed by atoms with Crippen LogP contribution in [-0.2, 0) is 32.0 Å². The van der Waals surface area contributed by atoms with Crippen molar-refractivity contribution in [3.8, 4) is 6.07 Å². The van der Waals surface area contributed by atoms with Gasteiger partial charge in [-0.25, -0.2) is 9.18 Å². The van der Waals surface area contributed by atoms with E-state index in [4.69, 9.17) is 10.00 Å². The molecule has 2 atom stereocenters. The quantitative estimate of drug-likeness (QED) is 0.642. The molecule has 0 saturated carbocycles. The Morgan fingerprint density at radius 1 is 1.03 bits per heavy atom. The monoisotopic (exact) mass is 411 g/mol. The van der Waals surface area contributed by atoms with Crippen LogP contribution in [0.5, 0.6) is 0 Å². The van der Waals surface area contributed by atoms with Gasteiger partial charge in [-0.2, -0.15) is 5.26 Å². The fraction of sp³-hybridized carbons (Fsp3) is 0.273. The molecule has 2 amide bonds. The summed E-state index contributed by atoms with van der Waals surface area (Å²) in [6.45, 7) is 1.26. The van der Waals surface area contributed by atoms with Gasteiger partial charge in [0.25, 0.3) is 0 Å². The maximum atomic E-state index is 13.5. The van der Waals surface area contributed by atoms with Crippen LogP contribution in [0, 0.1) is 17.1 Å². The first-order valence-corrected chi connectivity index (χ1v) is 9.21. The zero-order chi connectivity index (χ0) is 22.1. The second-order valence-electron chi connectivity index (χ2n) is 6.69. The van der Waals surface area contributed by atoms with Crippen molar-refractivity contribution in [3.05, 3.63) is 71.0 Å². The van der Waals surface area contributed by atoms with Crippen LogP contribution < -0.4 is 10.6 Å². The lowest BCUT2D eigenvalue weighted by Crippen LogP contribution is -2.53. The Hall–Kier alpha value is -3.73. The van der Waals surface area contributed by atoms with E-state index in [1.165, 1.54) is 32.2 Å². The van der Waals surface area contributed by atoms with E-state index in [2.05, 4.69) is 10.6 Å². The summed E-state index contributed by atoms with van der Waals surface area (Å²) in [4.78, 5) is 36.6. The molecule has 2 rings (SSSR count). The van der Waals surface area contributed by atoms with Crippen LogP contribution in [-0.4, -0.2) is 37.0 Å². The lowest BCUT2D eigenvalue weighted by Gasteiger charge is -2.22. The number of nitrogens with one attached hydrogen (secondary N) is 2. The van der Waals surface area contributed by atoms with Crippen LogP contribution in [0.4, 0.5) is 4.39 Å². The molecular formula is C22H22FN3O4. The van der Waals surface area contributed by atoms with Crippen molar-refractivity contribution in [1.82, 2.24) is 10.6 Å². The summed E-state index contributed by atoms with van der Waals surface area (Å²) in [5, 5.41) is 14.1. The molecule has 0 bridgehead atoms. The van der Waals surface area contributed by atoms with E-state index in [0.29, 0.717) is 16.7 Å². The molecule has 0 aliphatic rings. The fourth-order valence-corrected chi connectivity index (χ4v) is 2.97. The first-order valence-electron chi connectivity index (χ1n) is 9.21. The minimum atomic E-state index is -1.03. The Labute approximate surface area is 173 Å². The van der Waals surface area contributed by atoms with Crippen molar-refractivity contribution in [1.29, 1.82) is 5.26 Å². The number of ether oxygens (including phenoxy) is 1. The molecule has 156 valence electrons. The third-order valence-corrected chi connectivity index (χ3v) is 4.32. The number of carbonyl (C=O) groups excluding carboxylic acids is 3. The van der Waals surface area contributed by atoms with E-state index in [0.717, 1.165) is 0 Å². The highest BCUT2D eigenvalue weighted by Crippen LogP contribution is 2.10. The minimum absolute atomic E-state index is 0.0426. The molecule has 0 spiro atoms. The number of halogens is 1. The molecule has 0 radical (unpaired) electrons. The summed E-state index contributed by atoms with van der Waals surface area (Å²) in [6.07, 6.45) is 0.141. The summed E-state index contributed by atoms with van der Waals surface area (Å²) in [6, 6.07) is 12.3. The number of nitrogens with zero attached hydrogens (tertiary/aromatic N) is 1. The van der Waals surface area contributed by atoms with Crippen molar-refractivity contribution >= 4 is 17.8 Å². The molecule has 0 heterocycles. The molecule has 7 nitrogen and oxygen atoms in total. The van der Waals surface area contributed by atoms with E-state index >= 15 is 0 Å². The van der Waals surface area contributed by atoms with Crippen molar-refractivity contribution in [2.75, 3.05) is 7.11 Å². The lowest BCUT2D eigenvalue weighted by atomic mass is 10.0. The van der Waals surface area contributed by atoms with Gasteiger partial charge in [-0.15, -0.1) is 0 Å². The van der Waals surface area contributed by atoms with E-state index in [-0.39, 0.29) is 12.8 Å². The van der Waals surface area contributed by atoms with Gasteiger partial charge in [0.1, 0.15) is 17.9 Å². The first-order chi connectivity index (χ1) is 14.3. The van der Waals surface area contributed by atoms with E-state index in [9.17, 15) is 18.8 Å². The molecule has 30 heavy (non-hydrogen) atoms. The minimum Gasteiger partial charge on any atom is -0.467 e. The van der Waals surface area contributed by atoms with Crippen molar-refractivity contribution in [2.45, 2.75) is 31.8 Å². The van der Waals surface area contributed by atoms with Crippen LogP contribution in [0.25, 0.3) is 0 Å². The molecular weight excluding hydrogens is 389 g/mol. The molecule has 0 aromatic heterocycles. The number of benzene rings is 2. The van der Waals surface area contributed by atoms with Gasteiger partial charge in [0, 0.05) is 19.8 Å². The number of carbonyl (C=O) groups is 3. The molecule has 0 unspecified atom stereocenters. The molecule has 2 aromatic carbocycles. The van der Waals surface area contributed by atoms with Crippen molar-refractivity contribution in [3.63, 3.8) is 0 Å². The number of hydrogen-bond acceptors (Lipinski definition) is 5. The second kappa shape index (κ2) is 10.7. The van der Waals surface area contributed by atoms with Crippen molar-refractivity contribution < 1.29 is 23.5 Å². The van der Waals surface area contributed by atoms with Gasteiger partial charge >= 0.3 is 5.97 Å². The topological polar surface area (TPSA) is 108 Å². The zero-order valence-corrected chi connectivity index (χ0v) is 16.6. The normalized spacial score (nSPS) is 12.2. The van der Waals surface area contributed by atoms with E-state index in [1.54, 1.807) is 30.3 Å². The predicted octanol–water partition coefficient (Wildman–Crippen LogP) is 1.65. The fourth-order valence-electron chi connectivity index (χ4n) is 2.97. The van der Waals surface area contributed by atoms with Gasteiger partial charge in [0.15, 0.2) is 0 Å². The summed E-state index contributed by atoms with van der Waals surface area (Å²) >= 11 is 0. The predicted molar refractivity (Wildman–Crippen MR) is 107 cm³/mol. The van der Waals surface area contributed by atoms with Crippen LogP contribution >= 0.6 is 0 Å². The average Bonchev–Trinajstić information content (AvgIpc) is 2.72. The van der Waals surface area contributed by atoms with Crippen LogP contribution in [0.3, 0.4) is 0 Å². The molecule has 0 saturated heterocycles. The first kappa shape index (κ1) is 22.6. The second-order valence-corrected chi connectivity index (χ2v) is 6.69. The largest absolute Gasteiger partial charge is 0.467 e. The van der Waals surface area contributed by atoms with Gasteiger partial charge in [0.05, 0.1) is 18.7 Å². The van der Waals surface area contributed by atoms with Gasteiger partial charge in [-0.3, -0.25) is 9.59 Å². The Balaban J connectivity index is 2.19. The SMILES string of the molecule is COC(=O)[C@@H](Cc1cccc(C#N)c1)NC(=O)[C@@H](Cc1cccc(F)c1)NC(C)=O. The summed E-state index contributed by atoms with van der Waals surface area (Å²) in [5.41, 5.74) is 1.59. The third kappa shape index (κ3) is 6.71. The number of nitriles is 1. The molecule has 8 heteroatoms. The number of esters is 1. The molecule has 2 N–H and O–H groups in total. The molecule has 2 aromatic rings. The number of hydrogen-bond donors (Lipinski definition) is 2. The van der Waals surface area contributed by atoms with Crippen LogP contribution in [0.1, 0.15) is 23.6 Å². The average molecular weight is 411 g/mol. The third-order valence-electron chi connectivity index (χ3n) is 4.32.